The summed E-state index contributed by atoms with van der Waals surface area (Å²) in [5.41, 5.74) is 3.71. The van der Waals surface area contributed by atoms with Gasteiger partial charge in [0.05, 0.1) is 0 Å². The zero-order chi connectivity index (χ0) is 13.0. The Bertz CT molecular complexity index is 360. The van der Waals surface area contributed by atoms with Crippen molar-refractivity contribution < 1.29 is 8.78 Å². The second kappa shape index (κ2) is 5.71. The van der Waals surface area contributed by atoms with E-state index in [0.717, 1.165) is 5.69 Å². The van der Waals surface area contributed by atoms with Crippen LogP contribution in [0, 0.1) is 5.92 Å². The number of hydrogen-bond donors (Lipinski definition) is 2. The summed E-state index contributed by atoms with van der Waals surface area (Å²) in [5.74, 6) is 3.27. The molecule has 0 amide bonds. The van der Waals surface area contributed by atoms with E-state index in [2.05, 4.69) is 10.4 Å². The molecule has 100 valence electrons. The lowest BCUT2D eigenvalue weighted by Gasteiger charge is -2.33. The number of pyridine rings is 1. The molecule has 1 aliphatic rings. The van der Waals surface area contributed by atoms with E-state index in [9.17, 15) is 8.78 Å². The first-order valence-corrected chi connectivity index (χ1v) is 6.34. The van der Waals surface area contributed by atoms with E-state index in [1.807, 2.05) is 18.2 Å². The third kappa shape index (κ3) is 3.46. The molecule has 0 spiro atoms. The van der Waals surface area contributed by atoms with Crippen molar-refractivity contribution in [2.45, 2.75) is 44.1 Å². The Balaban J connectivity index is 1.94. The fourth-order valence-electron chi connectivity index (χ4n) is 2.57. The summed E-state index contributed by atoms with van der Waals surface area (Å²) >= 11 is 0. The molecule has 2 rings (SSSR count). The van der Waals surface area contributed by atoms with Gasteiger partial charge in [0.25, 0.3) is 0 Å². The van der Waals surface area contributed by atoms with Crippen molar-refractivity contribution in [2.24, 2.45) is 11.8 Å². The zero-order valence-electron chi connectivity index (χ0n) is 10.3. The van der Waals surface area contributed by atoms with Crippen LogP contribution in [0.3, 0.4) is 0 Å². The fraction of sp³-hybridized carbons (Fsp3) is 0.615. The van der Waals surface area contributed by atoms with Gasteiger partial charge in [-0.2, -0.15) is 0 Å². The number of hydrogen-bond acceptors (Lipinski definition) is 3. The molecule has 1 aromatic heterocycles. The van der Waals surface area contributed by atoms with Crippen molar-refractivity contribution in [3.63, 3.8) is 0 Å². The SMILES string of the molecule is NNC(Cc1ccccn1)C1CCC(F)(F)CC1. The van der Waals surface area contributed by atoms with Crippen LogP contribution in [0.5, 0.6) is 0 Å². The van der Waals surface area contributed by atoms with Crippen molar-refractivity contribution in [3.05, 3.63) is 30.1 Å². The second-order valence-electron chi connectivity index (χ2n) is 4.99. The van der Waals surface area contributed by atoms with E-state index >= 15 is 0 Å². The Hall–Kier alpha value is -1.07. The van der Waals surface area contributed by atoms with Crippen molar-refractivity contribution in [3.8, 4) is 0 Å². The average molecular weight is 255 g/mol. The molecule has 0 aromatic carbocycles. The molecular weight excluding hydrogens is 236 g/mol. The lowest BCUT2D eigenvalue weighted by molar-refractivity contribution is -0.0495. The van der Waals surface area contributed by atoms with Gasteiger partial charge in [0.2, 0.25) is 5.92 Å². The van der Waals surface area contributed by atoms with Crippen molar-refractivity contribution >= 4 is 0 Å². The number of hydrazine groups is 1. The van der Waals surface area contributed by atoms with E-state index in [1.165, 1.54) is 0 Å². The summed E-state index contributed by atoms with van der Waals surface area (Å²) in [5, 5.41) is 0. The summed E-state index contributed by atoms with van der Waals surface area (Å²) in [6.07, 6.45) is 3.41. The summed E-state index contributed by atoms with van der Waals surface area (Å²) in [7, 11) is 0. The molecule has 1 fully saturated rings. The Morgan fingerprint density at radius 3 is 2.67 bits per heavy atom. The standard InChI is InChI=1S/C13H19F2N3/c14-13(15)6-4-10(5-7-13)12(18-16)9-11-3-1-2-8-17-11/h1-3,8,10,12,18H,4-7,9,16H2. The number of rotatable bonds is 4. The number of nitrogens with zero attached hydrogens (tertiary/aromatic N) is 1. The van der Waals surface area contributed by atoms with Gasteiger partial charge in [-0.1, -0.05) is 6.07 Å². The minimum atomic E-state index is -2.49. The van der Waals surface area contributed by atoms with Crippen molar-refractivity contribution in [1.82, 2.24) is 10.4 Å². The molecule has 1 aliphatic carbocycles. The molecule has 1 atom stereocenters. The highest BCUT2D eigenvalue weighted by atomic mass is 19.3. The van der Waals surface area contributed by atoms with Crippen LogP contribution in [-0.2, 0) is 6.42 Å². The van der Waals surface area contributed by atoms with E-state index in [4.69, 9.17) is 5.84 Å². The Morgan fingerprint density at radius 2 is 2.11 bits per heavy atom. The smallest absolute Gasteiger partial charge is 0.248 e. The van der Waals surface area contributed by atoms with Crippen molar-refractivity contribution in [1.29, 1.82) is 0 Å². The second-order valence-corrected chi connectivity index (χ2v) is 4.99. The highest BCUT2D eigenvalue weighted by Gasteiger charge is 2.37. The minimum Gasteiger partial charge on any atom is -0.271 e. The van der Waals surface area contributed by atoms with E-state index in [-0.39, 0.29) is 24.8 Å². The van der Waals surface area contributed by atoms with Crippen LogP contribution >= 0.6 is 0 Å². The number of aromatic nitrogens is 1. The molecule has 18 heavy (non-hydrogen) atoms. The fourth-order valence-corrected chi connectivity index (χ4v) is 2.57. The van der Waals surface area contributed by atoms with E-state index in [0.29, 0.717) is 19.3 Å². The van der Waals surface area contributed by atoms with Crippen LogP contribution in [0.4, 0.5) is 8.78 Å². The molecule has 1 heterocycles. The van der Waals surface area contributed by atoms with Gasteiger partial charge in [0.15, 0.2) is 0 Å². The molecule has 0 aliphatic heterocycles. The molecule has 0 saturated heterocycles. The third-order valence-electron chi connectivity index (χ3n) is 3.70. The molecule has 1 saturated carbocycles. The Kier molecular flexibility index (Phi) is 4.24. The number of halogens is 2. The van der Waals surface area contributed by atoms with Gasteiger partial charge < -0.3 is 0 Å². The minimum absolute atomic E-state index is 0.0241. The highest BCUT2D eigenvalue weighted by Crippen LogP contribution is 2.37. The summed E-state index contributed by atoms with van der Waals surface area (Å²) in [4.78, 5) is 4.25. The van der Waals surface area contributed by atoms with Gasteiger partial charge in [-0.05, 0) is 30.9 Å². The summed E-state index contributed by atoms with van der Waals surface area (Å²) in [6, 6.07) is 5.73. The normalized spacial score (nSPS) is 21.7. The monoisotopic (exact) mass is 255 g/mol. The van der Waals surface area contributed by atoms with Crippen LogP contribution in [0.15, 0.2) is 24.4 Å². The van der Waals surface area contributed by atoms with Gasteiger partial charge in [-0.15, -0.1) is 0 Å². The van der Waals surface area contributed by atoms with Gasteiger partial charge in [-0.25, -0.2) is 8.78 Å². The first kappa shape index (κ1) is 13.4. The molecule has 5 heteroatoms. The van der Waals surface area contributed by atoms with Crippen LogP contribution in [-0.4, -0.2) is 16.9 Å². The predicted molar refractivity (Wildman–Crippen MR) is 66.0 cm³/mol. The summed E-state index contributed by atoms with van der Waals surface area (Å²) < 4.78 is 26.2. The zero-order valence-corrected chi connectivity index (χ0v) is 10.3. The maximum absolute atomic E-state index is 13.1. The molecule has 3 nitrogen and oxygen atoms in total. The number of alkyl halides is 2. The quantitative estimate of drug-likeness (QED) is 0.641. The third-order valence-corrected chi connectivity index (χ3v) is 3.70. The molecular formula is C13H19F2N3. The molecule has 0 radical (unpaired) electrons. The topological polar surface area (TPSA) is 50.9 Å². The number of nitrogens with one attached hydrogen (secondary N) is 1. The van der Waals surface area contributed by atoms with Gasteiger partial charge in [-0.3, -0.25) is 16.3 Å². The predicted octanol–water partition coefficient (Wildman–Crippen LogP) is 2.28. The van der Waals surface area contributed by atoms with Crippen LogP contribution in [0.25, 0.3) is 0 Å². The van der Waals surface area contributed by atoms with Gasteiger partial charge in [0, 0.05) is 37.2 Å². The van der Waals surface area contributed by atoms with Crippen LogP contribution < -0.4 is 11.3 Å². The Labute approximate surface area is 106 Å². The molecule has 3 N–H and O–H groups in total. The van der Waals surface area contributed by atoms with Crippen LogP contribution in [0.2, 0.25) is 0 Å². The van der Waals surface area contributed by atoms with Crippen molar-refractivity contribution in [2.75, 3.05) is 0 Å². The summed E-state index contributed by atoms with van der Waals surface area (Å²) in [6.45, 7) is 0. The highest BCUT2D eigenvalue weighted by molar-refractivity contribution is 5.06. The maximum atomic E-state index is 13.1. The largest absolute Gasteiger partial charge is 0.271 e. The molecule has 0 bridgehead atoms. The van der Waals surface area contributed by atoms with E-state index < -0.39 is 5.92 Å². The molecule has 1 unspecified atom stereocenters. The number of nitrogens with two attached hydrogens (primary N) is 1. The van der Waals surface area contributed by atoms with E-state index in [1.54, 1.807) is 6.20 Å². The maximum Gasteiger partial charge on any atom is 0.248 e. The van der Waals surface area contributed by atoms with Crippen LogP contribution in [0.1, 0.15) is 31.4 Å². The average Bonchev–Trinajstić information content (AvgIpc) is 2.38. The first-order chi connectivity index (χ1) is 8.61. The first-order valence-electron chi connectivity index (χ1n) is 6.34. The van der Waals surface area contributed by atoms with Gasteiger partial charge >= 0.3 is 0 Å². The van der Waals surface area contributed by atoms with Gasteiger partial charge in [0.1, 0.15) is 0 Å². The lowest BCUT2D eigenvalue weighted by Crippen LogP contribution is -2.45. The molecule has 1 aromatic rings. The Morgan fingerprint density at radius 1 is 1.39 bits per heavy atom. The lowest BCUT2D eigenvalue weighted by atomic mass is 9.81.